The maximum atomic E-state index is 5.05. The van der Waals surface area contributed by atoms with Crippen LogP contribution in [-0.2, 0) is 0 Å². The highest BCUT2D eigenvalue weighted by Gasteiger charge is 2.43. The molecule has 0 aromatic heterocycles. The highest BCUT2D eigenvalue weighted by molar-refractivity contribution is 14.1. The Bertz CT molecular complexity index is 528. The molecule has 1 heterocycles. The van der Waals surface area contributed by atoms with Crippen LogP contribution in [0.25, 0.3) is 0 Å². The Balaban J connectivity index is 1.99. The van der Waals surface area contributed by atoms with Gasteiger partial charge in [-0.05, 0) is 79.0 Å². The molecule has 1 spiro atoms. The topological polar surface area (TPSA) is 24.4 Å². The highest BCUT2D eigenvalue weighted by Crippen LogP contribution is 2.43. The van der Waals surface area contributed by atoms with E-state index >= 15 is 0 Å². The first-order valence-corrected chi connectivity index (χ1v) is 8.87. The Hall–Kier alpha value is -0.0700. The highest BCUT2D eigenvalue weighted by atomic mass is 127. The summed E-state index contributed by atoms with van der Waals surface area (Å²) in [4.78, 5) is 5.05. The predicted molar refractivity (Wildman–Crippen MR) is 92.8 cm³/mol. The van der Waals surface area contributed by atoms with Gasteiger partial charge in [-0.15, -0.1) is 11.8 Å². The van der Waals surface area contributed by atoms with Crippen molar-refractivity contribution in [3.05, 3.63) is 26.8 Å². The summed E-state index contributed by atoms with van der Waals surface area (Å²) >= 11 is 4.45. The van der Waals surface area contributed by atoms with Crippen LogP contribution >= 0.6 is 34.4 Å². The minimum absolute atomic E-state index is 0.295. The smallest absolute Gasteiger partial charge is 0.0678 e. The van der Waals surface area contributed by atoms with Crippen LogP contribution in [0, 0.1) is 17.4 Å². The number of nitrogens with one attached hydrogen (secondary N) is 1. The summed E-state index contributed by atoms with van der Waals surface area (Å²) in [5.41, 5.74) is 5.28. The van der Waals surface area contributed by atoms with Crippen molar-refractivity contribution in [3.63, 3.8) is 0 Å². The van der Waals surface area contributed by atoms with Gasteiger partial charge in [0.05, 0.1) is 10.4 Å². The number of rotatable bonds is 1. The van der Waals surface area contributed by atoms with Crippen molar-refractivity contribution in [2.24, 2.45) is 4.99 Å². The second kappa shape index (κ2) is 5.37. The number of halogens is 1. The largest absolute Gasteiger partial charge is 0.306 e. The molecule has 1 aromatic carbocycles. The lowest BCUT2D eigenvalue weighted by Gasteiger charge is -2.22. The van der Waals surface area contributed by atoms with Crippen molar-refractivity contribution >= 4 is 45.8 Å². The number of hydrogen-bond acceptors (Lipinski definition) is 3. The van der Waals surface area contributed by atoms with Crippen molar-refractivity contribution in [2.45, 2.75) is 37.9 Å². The van der Waals surface area contributed by atoms with Crippen LogP contribution < -0.4 is 5.32 Å². The SMILES string of the molecule is Cc1c(I)ccc(N=C2CCCC23CNCS3)c1C. The standard InChI is InChI=1S/C15H19IN2S/c1-10-11(2)13(6-5-12(10)16)18-14-4-3-7-15(14)8-17-9-19-15/h5-6,17H,3-4,7-9H2,1-2H3. The average molecular weight is 386 g/mol. The Labute approximate surface area is 133 Å². The lowest BCUT2D eigenvalue weighted by molar-refractivity contribution is 0.681. The molecule has 0 radical (unpaired) electrons. The molecule has 3 rings (SSSR count). The van der Waals surface area contributed by atoms with E-state index in [1.54, 1.807) is 0 Å². The molecule has 1 N–H and O–H groups in total. The average Bonchev–Trinajstić information content (AvgIpc) is 3.02. The monoisotopic (exact) mass is 386 g/mol. The lowest BCUT2D eigenvalue weighted by atomic mass is 10.0. The summed E-state index contributed by atoms with van der Waals surface area (Å²) in [6.45, 7) is 5.48. The van der Waals surface area contributed by atoms with E-state index in [0.717, 1.165) is 12.4 Å². The van der Waals surface area contributed by atoms with Gasteiger partial charge in [0, 0.05) is 21.7 Å². The molecule has 2 aliphatic rings. The first-order valence-electron chi connectivity index (χ1n) is 6.81. The van der Waals surface area contributed by atoms with E-state index in [-0.39, 0.29) is 0 Å². The van der Waals surface area contributed by atoms with Crippen LogP contribution in [0.2, 0.25) is 0 Å². The van der Waals surface area contributed by atoms with Gasteiger partial charge in [-0.2, -0.15) is 0 Å². The van der Waals surface area contributed by atoms with Gasteiger partial charge in [0.15, 0.2) is 0 Å². The zero-order valence-corrected chi connectivity index (χ0v) is 14.4. The molecular formula is C15H19IN2S. The molecule has 1 aromatic rings. The van der Waals surface area contributed by atoms with E-state index in [9.17, 15) is 0 Å². The van der Waals surface area contributed by atoms with Crippen LogP contribution in [0.4, 0.5) is 5.69 Å². The van der Waals surface area contributed by atoms with Crippen molar-refractivity contribution < 1.29 is 0 Å². The fraction of sp³-hybridized carbons (Fsp3) is 0.533. The van der Waals surface area contributed by atoms with E-state index in [2.05, 4.69) is 53.9 Å². The predicted octanol–water partition coefficient (Wildman–Crippen LogP) is 4.20. The minimum atomic E-state index is 0.295. The van der Waals surface area contributed by atoms with Crippen LogP contribution in [0.1, 0.15) is 30.4 Å². The summed E-state index contributed by atoms with van der Waals surface area (Å²) in [5.74, 6) is 1.07. The molecule has 0 amide bonds. The zero-order chi connectivity index (χ0) is 13.5. The van der Waals surface area contributed by atoms with Crippen molar-refractivity contribution in [3.8, 4) is 0 Å². The van der Waals surface area contributed by atoms with Crippen LogP contribution in [0.5, 0.6) is 0 Å². The molecule has 2 fully saturated rings. The number of aliphatic imine (C=N–C) groups is 1. The zero-order valence-electron chi connectivity index (χ0n) is 11.4. The van der Waals surface area contributed by atoms with Crippen molar-refractivity contribution in [2.75, 3.05) is 12.4 Å². The van der Waals surface area contributed by atoms with E-state index in [1.807, 2.05) is 11.8 Å². The molecule has 1 saturated heterocycles. The number of benzene rings is 1. The van der Waals surface area contributed by atoms with E-state index < -0.39 is 0 Å². The first-order chi connectivity index (χ1) is 9.12. The number of hydrogen-bond donors (Lipinski definition) is 1. The molecule has 102 valence electrons. The maximum absolute atomic E-state index is 5.05. The Morgan fingerprint density at radius 2 is 2.16 bits per heavy atom. The number of thioether (sulfide) groups is 1. The molecule has 1 aliphatic heterocycles. The molecule has 1 atom stereocenters. The fourth-order valence-corrected chi connectivity index (χ4v) is 4.82. The quantitative estimate of drug-likeness (QED) is 0.732. The molecule has 1 unspecified atom stereocenters. The van der Waals surface area contributed by atoms with Gasteiger partial charge in [0.1, 0.15) is 0 Å². The molecule has 4 heteroatoms. The van der Waals surface area contributed by atoms with Crippen molar-refractivity contribution in [1.29, 1.82) is 0 Å². The van der Waals surface area contributed by atoms with Gasteiger partial charge in [-0.25, -0.2) is 0 Å². The minimum Gasteiger partial charge on any atom is -0.306 e. The summed E-state index contributed by atoms with van der Waals surface area (Å²) in [7, 11) is 0. The van der Waals surface area contributed by atoms with Crippen LogP contribution in [0.3, 0.4) is 0 Å². The summed E-state index contributed by atoms with van der Waals surface area (Å²) in [5, 5.41) is 3.49. The molecule has 0 bridgehead atoms. The van der Waals surface area contributed by atoms with Gasteiger partial charge < -0.3 is 5.32 Å². The summed E-state index contributed by atoms with van der Waals surface area (Å²) in [6, 6.07) is 4.36. The molecule has 1 aliphatic carbocycles. The summed E-state index contributed by atoms with van der Waals surface area (Å²) < 4.78 is 1.63. The number of nitrogens with zero attached hydrogens (tertiary/aromatic N) is 1. The Morgan fingerprint density at radius 1 is 1.32 bits per heavy atom. The van der Waals surface area contributed by atoms with Gasteiger partial charge >= 0.3 is 0 Å². The van der Waals surface area contributed by atoms with Gasteiger partial charge in [0.25, 0.3) is 0 Å². The third kappa shape index (κ3) is 2.47. The van der Waals surface area contributed by atoms with Gasteiger partial charge in [-0.1, -0.05) is 0 Å². The maximum Gasteiger partial charge on any atom is 0.0678 e. The lowest BCUT2D eigenvalue weighted by Crippen LogP contribution is -2.33. The molecular weight excluding hydrogens is 367 g/mol. The first kappa shape index (κ1) is 13.9. The van der Waals surface area contributed by atoms with E-state index in [4.69, 9.17) is 4.99 Å². The fourth-order valence-electron chi connectivity index (χ4n) is 2.95. The van der Waals surface area contributed by atoms with Gasteiger partial charge in [-0.3, -0.25) is 4.99 Å². The normalized spacial score (nSPS) is 28.7. The van der Waals surface area contributed by atoms with Gasteiger partial charge in [0.2, 0.25) is 0 Å². The molecule has 19 heavy (non-hydrogen) atoms. The van der Waals surface area contributed by atoms with Crippen LogP contribution in [-0.4, -0.2) is 22.9 Å². The second-order valence-electron chi connectivity index (χ2n) is 5.44. The Morgan fingerprint density at radius 3 is 2.89 bits per heavy atom. The van der Waals surface area contributed by atoms with Crippen LogP contribution in [0.15, 0.2) is 17.1 Å². The molecule has 2 nitrogen and oxygen atoms in total. The summed E-state index contributed by atoms with van der Waals surface area (Å²) in [6.07, 6.45) is 3.74. The van der Waals surface area contributed by atoms with Crippen molar-refractivity contribution in [1.82, 2.24) is 5.32 Å². The Kier molecular flexibility index (Phi) is 3.93. The van der Waals surface area contributed by atoms with E-state index in [1.165, 1.54) is 45.4 Å². The third-order valence-corrected chi connectivity index (χ3v) is 6.98. The molecule has 1 saturated carbocycles. The van der Waals surface area contributed by atoms with E-state index in [0.29, 0.717) is 4.75 Å². The second-order valence-corrected chi connectivity index (χ2v) is 7.96. The third-order valence-electron chi connectivity index (χ3n) is 4.33.